The number of nitrogens with one attached hydrogen (secondary N) is 1. The van der Waals surface area contributed by atoms with Gasteiger partial charge in [-0.3, -0.25) is 9.59 Å². The van der Waals surface area contributed by atoms with E-state index in [1.807, 2.05) is 36.4 Å². The van der Waals surface area contributed by atoms with Gasteiger partial charge in [-0.15, -0.1) is 6.58 Å². The third-order valence-corrected chi connectivity index (χ3v) is 5.46. The number of aromatic nitrogens is 3. The minimum absolute atomic E-state index is 0.279. The summed E-state index contributed by atoms with van der Waals surface area (Å²) in [5.74, 6) is 0.980. The molecule has 2 aromatic rings. The van der Waals surface area contributed by atoms with Crippen molar-refractivity contribution >= 4 is 5.91 Å². The van der Waals surface area contributed by atoms with Gasteiger partial charge in [-0.2, -0.15) is 9.78 Å². The lowest BCUT2D eigenvalue weighted by Gasteiger charge is -2.12. The van der Waals surface area contributed by atoms with Crippen LogP contribution in [0.2, 0.25) is 0 Å². The van der Waals surface area contributed by atoms with Crippen molar-refractivity contribution in [3.63, 3.8) is 0 Å². The fourth-order valence-electron chi connectivity index (χ4n) is 3.78. The van der Waals surface area contributed by atoms with Crippen molar-refractivity contribution in [3.8, 4) is 28.4 Å². The molecule has 0 atom stereocenters. The number of pyridine rings is 1. The summed E-state index contributed by atoms with van der Waals surface area (Å²) in [6, 6.07) is 14.8. The van der Waals surface area contributed by atoms with Crippen LogP contribution in [0.15, 0.2) is 78.4 Å². The summed E-state index contributed by atoms with van der Waals surface area (Å²) < 4.78 is 13.7. The summed E-state index contributed by atoms with van der Waals surface area (Å²) in [7, 11) is 3.17. The first-order valence-electron chi connectivity index (χ1n) is 10.8. The first-order valence-corrected chi connectivity index (χ1v) is 10.8. The van der Waals surface area contributed by atoms with Gasteiger partial charge in [0.15, 0.2) is 11.5 Å². The molecule has 1 amide bonds. The predicted molar refractivity (Wildman–Crippen MR) is 130 cm³/mol. The summed E-state index contributed by atoms with van der Waals surface area (Å²) >= 11 is 0. The van der Waals surface area contributed by atoms with Gasteiger partial charge in [0.1, 0.15) is 5.69 Å². The van der Waals surface area contributed by atoms with E-state index >= 15 is 0 Å². The molecule has 0 aliphatic carbocycles. The maximum atomic E-state index is 13.1. The number of hydrogen-bond acceptors (Lipinski definition) is 5. The molecule has 8 heteroatoms. The highest BCUT2D eigenvalue weighted by atomic mass is 16.5. The number of ether oxygens (including phenoxy) is 2. The maximum absolute atomic E-state index is 13.1. The van der Waals surface area contributed by atoms with Crippen LogP contribution in [0, 0.1) is 0 Å². The minimum Gasteiger partial charge on any atom is -0.493 e. The number of carbonyl (C=O) groups excluding carboxylic acids is 1. The molecule has 2 aliphatic rings. The van der Waals surface area contributed by atoms with Crippen LogP contribution in [0.25, 0.3) is 16.9 Å². The highest BCUT2D eigenvalue weighted by molar-refractivity contribution is 5.99. The average Bonchev–Trinajstić information content (AvgIpc) is 3.20. The SMILES string of the molecule is C=CCn1cc(C(=O)NCCc2ccc(OC)c(OC)c2)c2nn(-c3ccccc3)c(=O)c-2c1. The molecule has 2 aliphatic heterocycles. The van der Waals surface area contributed by atoms with Gasteiger partial charge in [-0.1, -0.05) is 30.3 Å². The largest absolute Gasteiger partial charge is 0.493 e. The Labute approximate surface area is 197 Å². The van der Waals surface area contributed by atoms with E-state index in [1.165, 1.54) is 4.68 Å². The van der Waals surface area contributed by atoms with Gasteiger partial charge in [0.25, 0.3) is 11.5 Å². The Morgan fingerprint density at radius 3 is 2.56 bits per heavy atom. The Bertz CT molecular complexity index is 1340. The standard InChI is InChI=1S/C26H26N4O4/c1-4-14-29-16-20(24-21(17-29)26(32)30(28-24)19-8-6-5-7-9-19)25(31)27-13-12-18-10-11-22(33-2)23(15-18)34-3/h4-11,15-17H,1,12-14H2,2-3H3,(H,27,31). The van der Waals surface area contributed by atoms with Crippen LogP contribution in [-0.4, -0.2) is 41.0 Å². The molecule has 0 saturated carbocycles. The second kappa shape index (κ2) is 10.1. The molecular formula is C26H26N4O4. The van der Waals surface area contributed by atoms with Gasteiger partial charge in [-0.05, 0) is 36.2 Å². The number of amides is 1. The van der Waals surface area contributed by atoms with Gasteiger partial charge >= 0.3 is 0 Å². The first kappa shape index (κ1) is 22.8. The molecule has 2 aromatic carbocycles. The molecule has 174 valence electrons. The number of rotatable bonds is 9. The molecule has 4 rings (SSSR count). The summed E-state index contributed by atoms with van der Waals surface area (Å²) in [6.45, 7) is 4.61. The van der Waals surface area contributed by atoms with Crippen LogP contribution >= 0.6 is 0 Å². The minimum atomic E-state index is -0.304. The van der Waals surface area contributed by atoms with E-state index in [1.54, 1.807) is 49.4 Å². The van der Waals surface area contributed by atoms with Crippen molar-refractivity contribution in [1.29, 1.82) is 0 Å². The Morgan fingerprint density at radius 1 is 1.09 bits per heavy atom. The Kier molecular flexibility index (Phi) is 6.77. The lowest BCUT2D eigenvalue weighted by molar-refractivity contribution is 0.0953. The van der Waals surface area contributed by atoms with Crippen LogP contribution in [0.5, 0.6) is 11.5 Å². The summed E-state index contributed by atoms with van der Waals surface area (Å²) in [5.41, 5.74) is 2.42. The third-order valence-electron chi connectivity index (χ3n) is 5.46. The molecule has 0 radical (unpaired) electrons. The lowest BCUT2D eigenvalue weighted by Crippen LogP contribution is -2.27. The second-order valence-electron chi connectivity index (χ2n) is 7.67. The van der Waals surface area contributed by atoms with Crippen molar-refractivity contribution in [2.24, 2.45) is 0 Å². The summed E-state index contributed by atoms with van der Waals surface area (Å²) in [4.78, 5) is 26.2. The second-order valence-corrected chi connectivity index (χ2v) is 7.67. The molecule has 34 heavy (non-hydrogen) atoms. The maximum Gasteiger partial charge on any atom is 0.282 e. The summed E-state index contributed by atoms with van der Waals surface area (Å²) in [5, 5.41) is 7.43. The summed E-state index contributed by atoms with van der Waals surface area (Å²) in [6.07, 6.45) is 5.69. The molecule has 8 nitrogen and oxygen atoms in total. The van der Waals surface area contributed by atoms with Gasteiger partial charge in [-0.25, -0.2) is 0 Å². The highest BCUT2D eigenvalue weighted by Crippen LogP contribution is 2.27. The molecule has 0 bridgehead atoms. The van der Waals surface area contributed by atoms with E-state index in [2.05, 4.69) is 17.0 Å². The fourth-order valence-corrected chi connectivity index (χ4v) is 3.78. The van der Waals surface area contributed by atoms with Crippen LogP contribution in [0.4, 0.5) is 0 Å². The van der Waals surface area contributed by atoms with E-state index in [-0.39, 0.29) is 11.5 Å². The predicted octanol–water partition coefficient (Wildman–Crippen LogP) is 3.31. The zero-order chi connectivity index (χ0) is 24.1. The number of hydrogen-bond donors (Lipinski definition) is 1. The molecule has 0 saturated heterocycles. The topological polar surface area (TPSA) is 87.4 Å². The molecule has 0 aromatic heterocycles. The van der Waals surface area contributed by atoms with E-state index in [0.29, 0.717) is 53.5 Å². The monoisotopic (exact) mass is 458 g/mol. The lowest BCUT2D eigenvalue weighted by atomic mass is 10.1. The van der Waals surface area contributed by atoms with Crippen molar-refractivity contribution in [2.45, 2.75) is 13.0 Å². The highest BCUT2D eigenvalue weighted by Gasteiger charge is 2.24. The molecular weight excluding hydrogens is 432 g/mol. The van der Waals surface area contributed by atoms with Gasteiger partial charge in [0.2, 0.25) is 0 Å². The molecule has 0 spiro atoms. The van der Waals surface area contributed by atoms with Crippen molar-refractivity contribution in [3.05, 3.63) is 95.1 Å². The molecule has 0 fully saturated rings. The molecule has 1 N–H and O–H groups in total. The Balaban J connectivity index is 1.60. The zero-order valence-corrected chi connectivity index (χ0v) is 19.2. The van der Waals surface area contributed by atoms with Gasteiger partial charge in [0, 0.05) is 25.5 Å². The number of methoxy groups -OCH3 is 2. The number of carbonyl (C=O) groups is 1. The Morgan fingerprint density at radius 2 is 1.85 bits per heavy atom. The first-order chi connectivity index (χ1) is 16.5. The van der Waals surface area contributed by atoms with E-state index in [9.17, 15) is 9.59 Å². The number of nitrogens with zero attached hydrogens (tertiary/aromatic N) is 3. The molecule has 2 heterocycles. The number of benzene rings is 2. The normalized spacial score (nSPS) is 10.8. The van der Waals surface area contributed by atoms with Crippen LogP contribution in [-0.2, 0) is 13.0 Å². The Hall–Kier alpha value is -4.33. The third kappa shape index (κ3) is 4.56. The van der Waals surface area contributed by atoms with Gasteiger partial charge in [0.05, 0.1) is 31.0 Å². The zero-order valence-electron chi connectivity index (χ0n) is 19.2. The average molecular weight is 459 g/mol. The van der Waals surface area contributed by atoms with Crippen LogP contribution < -0.4 is 20.3 Å². The van der Waals surface area contributed by atoms with E-state index in [4.69, 9.17) is 9.47 Å². The number of fused-ring (bicyclic) bond motifs is 1. The van der Waals surface area contributed by atoms with Crippen LogP contribution in [0.3, 0.4) is 0 Å². The van der Waals surface area contributed by atoms with Crippen molar-refractivity contribution < 1.29 is 14.3 Å². The van der Waals surface area contributed by atoms with Crippen molar-refractivity contribution in [1.82, 2.24) is 19.7 Å². The quantitative estimate of drug-likeness (QED) is 0.389. The van der Waals surface area contributed by atoms with E-state index in [0.717, 1.165) is 5.56 Å². The molecule has 0 unspecified atom stereocenters. The van der Waals surface area contributed by atoms with Gasteiger partial charge < -0.3 is 19.4 Å². The number of allylic oxidation sites excluding steroid dienone is 1. The fraction of sp³-hybridized carbons (Fsp3) is 0.192. The van der Waals surface area contributed by atoms with E-state index < -0.39 is 0 Å². The van der Waals surface area contributed by atoms with Crippen LogP contribution in [0.1, 0.15) is 15.9 Å². The van der Waals surface area contributed by atoms with Crippen molar-refractivity contribution in [2.75, 3.05) is 20.8 Å². The smallest absolute Gasteiger partial charge is 0.282 e. The number of para-hydroxylation sites is 1.